The van der Waals surface area contributed by atoms with Gasteiger partial charge in [0, 0.05) is 49.4 Å². The van der Waals surface area contributed by atoms with Gasteiger partial charge in [0.25, 0.3) is 0 Å². The molecule has 3 heteroatoms. The molecule has 0 spiro atoms. The van der Waals surface area contributed by atoms with Crippen molar-refractivity contribution in [2.45, 2.75) is 0 Å². The summed E-state index contributed by atoms with van der Waals surface area (Å²) in [5.41, 5.74) is 19.8. The summed E-state index contributed by atoms with van der Waals surface area (Å²) in [5.74, 6) is 0. The van der Waals surface area contributed by atoms with E-state index in [4.69, 9.17) is 0 Å². The molecule has 14 aromatic rings. The SMILES string of the molecule is c1ccc(-c2cc(-c3cccc(-c4cc(-n5c6ccccc6c6ccccc65)cc(-n5c6ccccc6c6ccccc65)c4)c3)cc(-c3cccc(-n4c5ccccc5c5ccccc54)c3)c2)cc1. The lowest BCUT2D eigenvalue weighted by molar-refractivity contribution is 1.13. The highest BCUT2D eigenvalue weighted by molar-refractivity contribution is 6.11. The average molecular weight is 878 g/mol. The Morgan fingerprint density at radius 3 is 0.826 bits per heavy atom. The van der Waals surface area contributed by atoms with Gasteiger partial charge in [0.15, 0.2) is 0 Å². The van der Waals surface area contributed by atoms with Crippen LogP contribution in [0.1, 0.15) is 0 Å². The quantitative estimate of drug-likeness (QED) is 0.152. The molecule has 0 saturated heterocycles. The minimum absolute atomic E-state index is 1.11. The van der Waals surface area contributed by atoms with Crippen molar-refractivity contribution in [3.63, 3.8) is 0 Å². The maximum absolute atomic E-state index is 2.44. The predicted molar refractivity (Wildman–Crippen MR) is 291 cm³/mol. The Morgan fingerprint density at radius 1 is 0.159 bits per heavy atom. The fourth-order valence-electron chi connectivity index (χ4n) is 11.1. The molecular weight excluding hydrogens is 835 g/mol. The van der Waals surface area contributed by atoms with Gasteiger partial charge in [-0.1, -0.05) is 170 Å². The van der Waals surface area contributed by atoms with E-state index in [0.717, 1.165) is 39.3 Å². The average Bonchev–Trinajstić information content (AvgIpc) is 4.07. The van der Waals surface area contributed by atoms with Crippen LogP contribution in [0.2, 0.25) is 0 Å². The second kappa shape index (κ2) is 15.7. The second-order valence-electron chi connectivity index (χ2n) is 18.1. The Bertz CT molecular complexity index is 4020. The van der Waals surface area contributed by atoms with Gasteiger partial charge in [0.2, 0.25) is 0 Å². The summed E-state index contributed by atoms with van der Waals surface area (Å²) in [6.45, 7) is 0. The lowest BCUT2D eigenvalue weighted by atomic mass is 9.92. The Labute approximate surface area is 399 Å². The summed E-state index contributed by atoms with van der Waals surface area (Å²) in [6.07, 6.45) is 0. The topological polar surface area (TPSA) is 14.8 Å². The molecule has 0 radical (unpaired) electrons. The van der Waals surface area contributed by atoms with Crippen molar-refractivity contribution < 1.29 is 0 Å². The van der Waals surface area contributed by atoms with E-state index in [1.807, 2.05) is 0 Å². The lowest BCUT2D eigenvalue weighted by Crippen LogP contribution is -2.00. The lowest BCUT2D eigenvalue weighted by Gasteiger charge is -2.17. The molecule has 0 aliphatic rings. The van der Waals surface area contributed by atoms with Crippen molar-refractivity contribution in [2.75, 3.05) is 0 Å². The van der Waals surface area contributed by atoms with Crippen LogP contribution in [-0.2, 0) is 0 Å². The molecule has 0 unspecified atom stereocenters. The second-order valence-corrected chi connectivity index (χ2v) is 18.1. The van der Waals surface area contributed by atoms with Crippen LogP contribution < -0.4 is 0 Å². The maximum atomic E-state index is 2.44. The molecule has 322 valence electrons. The monoisotopic (exact) mass is 877 g/mol. The maximum Gasteiger partial charge on any atom is 0.0541 e. The van der Waals surface area contributed by atoms with E-state index in [-0.39, 0.29) is 0 Å². The minimum Gasteiger partial charge on any atom is -0.309 e. The van der Waals surface area contributed by atoms with Crippen molar-refractivity contribution in [3.8, 4) is 61.6 Å². The number of nitrogens with zero attached hydrogens (tertiary/aromatic N) is 3. The molecular formula is C66H43N3. The zero-order valence-electron chi connectivity index (χ0n) is 37.7. The summed E-state index contributed by atoms with van der Waals surface area (Å²) in [7, 11) is 0. The van der Waals surface area contributed by atoms with Gasteiger partial charge < -0.3 is 13.7 Å². The molecule has 14 rings (SSSR count). The van der Waals surface area contributed by atoms with Crippen molar-refractivity contribution in [3.05, 3.63) is 261 Å². The summed E-state index contributed by atoms with van der Waals surface area (Å²) < 4.78 is 7.29. The van der Waals surface area contributed by atoms with E-state index in [2.05, 4.69) is 275 Å². The zero-order chi connectivity index (χ0) is 45.4. The Morgan fingerprint density at radius 2 is 0.420 bits per heavy atom. The van der Waals surface area contributed by atoms with Crippen LogP contribution >= 0.6 is 0 Å². The van der Waals surface area contributed by atoms with Crippen LogP contribution in [0.25, 0.3) is 127 Å². The van der Waals surface area contributed by atoms with E-state index in [1.165, 1.54) is 87.7 Å². The minimum atomic E-state index is 1.11. The molecule has 0 fully saturated rings. The van der Waals surface area contributed by atoms with Gasteiger partial charge in [0.05, 0.1) is 33.1 Å². The van der Waals surface area contributed by atoms with Gasteiger partial charge in [-0.2, -0.15) is 0 Å². The van der Waals surface area contributed by atoms with E-state index >= 15 is 0 Å². The zero-order valence-corrected chi connectivity index (χ0v) is 37.7. The smallest absolute Gasteiger partial charge is 0.0541 e. The normalized spacial score (nSPS) is 11.8. The van der Waals surface area contributed by atoms with Crippen LogP contribution in [0.4, 0.5) is 0 Å². The molecule has 3 nitrogen and oxygen atoms in total. The van der Waals surface area contributed by atoms with Crippen LogP contribution in [0, 0.1) is 0 Å². The number of hydrogen-bond donors (Lipinski definition) is 0. The van der Waals surface area contributed by atoms with Gasteiger partial charge in [-0.25, -0.2) is 0 Å². The number of rotatable bonds is 7. The van der Waals surface area contributed by atoms with Gasteiger partial charge in [-0.15, -0.1) is 0 Å². The van der Waals surface area contributed by atoms with Crippen molar-refractivity contribution in [1.29, 1.82) is 0 Å². The first-order valence-electron chi connectivity index (χ1n) is 23.7. The van der Waals surface area contributed by atoms with Gasteiger partial charge in [0.1, 0.15) is 0 Å². The Hall–Kier alpha value is -9.18. The van der Waals surface area contributed by atoms with Crippen LogP contribution in [0.15, 0.2) is 261 Å². The number of fused-ring (bicyclic) bond motifs is 9. The summed E-state index contributed by atoms with van der Waals surface area (Å²) in [4.78, 5) is 0. The Balaban J connectivity index is 0.963. The summed E-state index contributed by atoms with van der Waals surface area (Å²) >= 11 is 0. The molecule has 0 aliphatic heterocycles. The number of benzene rings is 11. The van der Waals surface area contributed by atoms with Crippen molar-refractivity contribution in [1.82, 2.24) is 13.7 Å². The first-order valence-corrected chi connectivity index (χ1v) is 23.7. The van der Waals surface area contributed by atoms with Crippen LogP contribution in [-0.4, -0.2) is 13.7 Å². The number of hydrogen-bond acceptors (Lipinski definition) is 0. The highest BCUT2D eigenvalue weighted by Crippen LogP contribution is 2.41. The number of para-hydroxylation sites is 6. The first kappa shape index (κ1) is 39.0. The molecule has 0 aliphatic carbocycles. The van der Waals surface area contributed by atoms with Crippen molar-refractivity contribution in [2.24, 2.45) is 0 Å². The fraction of sp³-hybridized carbons (Fsp3) is 0. The van der Waals surface area contributed by atoms with Crippen molar-refractivity contribution >= 4 is 65.4 Å². The van der Waals surface area contributed by atoms with E-state index in [1.54, 1.807) is 0 Å². The number of aromatic nitrogens is 3. The molecule has 0 amide bonds. The molecule has 0 N–H and O–H groups in total. The molecule has 69 heavy (non-hydrogen) atoms. The standard InChI is InChI=1S/C66H43N3/c1-2-18-44(19-3-1)48-37-49(39-50(38-48)47-22-17-23-52(40-47)67-61-30-10-4-24-55(61)56-25-5-11-31-62(56)67)45-20-16-21-46(36-45)51-41-53(68-63-32-12-6-26-57(63)58-27-7-13-33-64(58)68)43-54(42-51)69-65-34-14-8-28-59(65)60-29-9-15-35-66(60)69/h1-43H. The van der Waals surface area contributed by atoms with E-state index < -0.39 is 0 Å². The first-order chi connectivity index (χ1) is 34.2. The van der Waals surface area contributed by atoms with Crippen LogP contribution in [0.3, 0.4) is 0 Å². The third kappa shape index (κ3) is 6.36. The van der Waals surface area contributed by atoms with Gasteiger partial charge >= 0.3 is 0 Å². The third-order valence-corrected chi connectivity index (χ3v) is 14.2. The molecule has 0 atom stereocenters. The highest BCUT2D eigenvalue weighted by atomic mass is 15.0. The molecule has 11 aromatic carbocycles. The van der Waals surface area contributed by atoms with E-state index in [0.29, 0.717) is 0 Å². The summed E-state index contributed by atoms with van der Waals surface area (Å²) in [5, 5.41) is 7.49. The largest absolute Gasteiger partial charge is 0.309 e. The van der Waals surface area contributed by atoms with Gasteiger partial charge in [-0.3, -0.25) is 0 Å². The Kier molecular flexibility index (Phi) is 8.90. The third-order valence-electron chi connectivity index (χ3n) is 14.2. The molecule has 0 bridgehead atoms. The van der Waals surface area contributed by atoms with Crippen LogP contribution in [0.5, 0.6) is 0 Å². The molecule has 0 saturated carbocycles. The fourth-order valence-corrected chi connectivity index (χ4v) is 11.1. The van der Waals surface area contributed by atoms with Gasteiger partial charge in [-0.05, 0) is 136 Å². The van der Waals surface area contributed by atoms with E-state index in [9.17, 15) is 0 Å². The molecule has 3 aromatic heterocycles. The summed E-state index contributed by atoms with van der Waals surface area (Å²) in [6, 6.07) is 95.7. The molecule has 3 heterocycles. The predicted octanol–water partition coefficient (Wildman–Crippen LogP) is 17.6. The highest BCUT2D eigenvalue weighted by Gasteiger charge is 2.19.